The lowest BCUT2D eigenvalue weighted by atomic mass is 10.1. The molecule has 0 saturated heterocycles. The van der Waals surface area contributed by atoms with E-state index < -0.39 is 10.0 Å². The molecule has 0 aliphatic heterocycles. The van der Waals surface area contributed by atoms with Gasteiger partial charge in [-0.15, -0.1) is 0 Å². The molecule has 2 rings (SSSR count). The number of ether oxygens (including phenoxy) is 2. The van der Waals surface area contributed by atoms with Crippen LogP contribution in [-0.2, 0) is 14.8 Å². The minimum Gasteiger partial charge on any atom is -0.495 e. The lowest BCUT2D eigenvalue weighted by Gasteiger charge is -2.14. The normalized spacial score (nSPS) is 12.4. The zero-order valence-electron chi connectivity index (χ0n) is 15.8. The molecule has 0 aromatic heterocycles. The summed E-state index contributed by atoms with van der Waals surface area (Å²) in [6.07, 6.45) is 0. The first-order chi connectivity index (χ1) is 12.8. The number of carbonyl (C=O) groups is 1. The fraction of sp³-hybridized carbons (Fsp3) is 0.316. The van der Waals surface area contributed by atoms with Crippen LogP contribution >= 0.6 is 0 Å². The molecule has 1 atom stereocenters. The standard InChI is InChI=1S/C19H24N2O5S/c1-13-5-10-18(26-4)17(11-13)20-19(22)15-6-8-16(9-7-15)27(23,24)21-14(2)12-25-3/h5-11,14,21H,12H2,1-4H3,(H,20,22)/t14-/m1/s1. The number of sulfonamides is 1. The number of nitrogens with one attached hydrogen (secondary N) is 2. The summed E-state index contributed by atoms with van der Waals surface area (Å²) in [7, 11) is -0.654. The summed E-state index contributed by atoms with van der Waals surface area (Å²) in [5.41, 5.74) is 1.86. The Kier molecular flexibility index (Phi) is 6.95. The van der Waals surface area contributed by atoms with Gasteiger partial charge in [-0.25, -0.2) is 13.1 Å². The van der Waals surface area contributed by atoms with E-state index >= 15 is 0 Å². The molecule has 2 aromatic rings. The van der Waals surface area contributed by atoms with Crippen molar-refractivity contribution in [2.75, 3.05) is 26.1 Å². The van der Waals surface area contributed by atoms with Gasteiger partial charge in [0.25, 0.3) is 5.91 Å². The first-order valence-corrected chi connectivity index (χ1v) is 9.82. The van der Waals surface area contributed by atoms with E-state index in [1.165, 1.54) is 38.5 Å². The van der Waals surface area contributed by atoms with Crippen LogP contribution in [0.25, 0.3) is 0 Å². The van der Waals surface area contributed by atoms with E-state index in [-0.39, 0.29) is 23.5 Å². The van der Waals surface area contributed by atoms with Crippen molar-refractivity contribution in [3.8, 4) is 5.75 Å². The summed E-state index contributed by atoms with van der Waals surface area (Å²) >= 11 is 0. The minimum atomic E-state index is -3.68. The number of amides is 1. The van der Waals surface area contributed by atoms with Gasteiger partial charge in [-0.05, 0) is 55.8 Å². The molecular weight excluding hydrogens is 368 g/mol. The summed E-state index contributed by atoms with van der Waals surface area (Å²) in [5, 5.41) is 2.78. The second-order valence-electron chi connectivity index (χ2n) is 6.16. The van der Waals surface area contributed by atoms with Crippen molar-refractivity contribution < 1.29 is 22.7 Å². The Labute approximate surface area is 159 Å². The van der Waals surface area contributed by atoms with Gasteiger partial charge < -0.3 is 14.8 Å². The Bertz CT molecular complexity index is 895. The number of aryl methyl sites for hydroxylation is 1. The number of methoxy groups -OCH3 is 2. The molecule has 0 bridgehead atoms. The highest BCUT2D eigenvalue weighted by molar-refractivity contribution is 7.89. The highest BCUT2D eigenvalue weighted by Crippen LogP contribution is 2.25. The van der Waals surface area contributed by atoms with Crippen LogP contribution in [-0.4, -0.2) is 41.2 Å². The highest BCUT2D eigenvalue weighted by atomic mass is 32.2. The van der Waals surface area contributed by atoms with Gasteiger partial charge in [-0.2, -0.15) is 0 Å². The molecule has 27 heavy (non-hydrogen) atoms. The van der Waals surface area contributed by atoms with Gasteiger partial charge in [0.15, 0.2) is 0 Å². The van der Waals surface area contributed by atoms with E-state index in [9.17, 15) is 13.2 Å². The predicted octanol–water partition coefficient (Wildman–Crippen LogP) is 2.57. The van der Waals surface area contributed by atoms with Crippen molar-refractivity contribution in [1.29, 1.82) is 0 Å². The van der Waals surface area contributed by atoms with Crippen LogP contribution in [0.3, 0.4) is 0 Å². The molecule has 146 valence electrons. The van der Waals surface area contributed by atoms with E-state index in [1.54, 1.807) is 19.1 Å². The number of anilines is 1. The van der Waals surface area contributed by atoms with Gasteiger partial charge in [-0.1, -0.05) is 6.07 Å². The zero-order chi connectivity index (χ0) is 20.0. The molecule has 0 unspecified atom stereocenters. The van der Waals surface area contributed by atoms with Crippen LogP contribution in [0.4, 0.5) is 5.69 Å². The van der Waals surface area contributed by atoms with Crippen LogP contribution in [0, 0.1) is 6.92 Å². The van der Waals surface area contributed by atoms with Crippen molar-refractivity contribution in [2.45, 2.75) is 24.8 Å². The van der Waals surface area contributed by atoms with Gasteiger partial charge in [0.2, 0.25) is 10.0 Å². The fourth-order valence-electron chi connectivity index (χ4n) is 2.52. The number of hydrogen-bond acceptors (Lipinski definition) is 5. The van der Waals surface area contributed by atoms with Gasteiger partial charge in [-0.3, -0.25) is 4.79 Å². The van der Waals surface area contributed by atoms with E-state index in [2.05, 4.69) is 10.0 Å². The molecule has 0 saturated carbocycles. The molecule has 0 heterocycles. The number of benzene rings is 2. The number of rotatable bonds is 8. The lowest BCUT2D eigenvalue weighted by Crippen LogP contribution is -2.35. The topological polar surface area (TPSA) is 93.7 Å². The number of carbonyl (C=O) groups excluding carboxylic acids is 1. The van der Waals surface area contributed by atoms with Crippen LogP contribution in [0.2, 0.25) is 0 Å². The summed E-state index contributed by atoms with van der Waals surface area (Å²) in [6.45, 7) is 3.88. The third kappa shape index (κ3) is 5.53. The molecule has 1 amide bonds. The molecule has 0 fully saturated rings. The Balaban J connectivity index is 2.15. The first kappa shape index (κ1) is 20.9. The van der Waals surface area contributed by atoms with Crippen LogP contribution in [0.5, 0.6) is 5.75 Å². The molecule has 7 nitrogen and oxygen atoms in total. The second-order valence-corrected chi connectivity index (χ2v) is 7.87. The Morgan fingerprint density at radius 2 is 1.78 bits per heavy atom. The van der Waals surface area contributed by atoms with E-state index in [1.807, 2.05) is 13.0 Å². The van der Waals surface area contributed by atoms with Gasteiger partial charge in [0.05, 0.1) is 24.3 Å². The van der Waals surface area contributed by atoms with Gasteiger partial charge in [0.1, 0.15) is 5.75 Å². The van der Waals surface area contributed by atoms with Crippen LogP contribution in [0.1, 0.15) is 22.8 Å². The van der Waals surface area contributed by atoms with E-state index in [0.717, 1.165) is 5.56 Å². The summed E-state index contributed by atoms with van der Waals surface area (Å²) in [5.74, 6) is 0.188. The first-order valence-electron chi connectivity index (χ1n) is 8.34. The van der Waals surface area contributed by atoms with Crippen molar-refractivity contribution in [2.24, 2.45) is 0 Å². The molecule has 0 spiro atoms. The van der Waals surface area contributed by atoms with E-state index in [4.69, 9.17) is 9.47 Å². The maximum atomic E-state index is 12.5. The van der Waals surface area contributed by atoms with E-state index in [0.29, 0.717) is 17.0 Å². The van der Waals surface area contributed by atoms with Gasteiger partial charge >= 0.3 is 0 Å². The largest absolute Gasteiger partial charge is 0.495 e. The number of hydrogen-bond donors (Lipinski definition) is 2. The van der Waals surface area contributed by atoms with Crippen molar-refractivity contribution in [1.82, 2.24) is 4.72 Å². The van der Waals surface area contributed by atoms with Crippen LogP contribution < -0.4 is 14.8 Å². The minimum absolute atomic E-state index is 0.0788. The second kappa shape index (κ2) is 8.98. The monoisotopic (exact) mass is 392 g/mol. The quantitative estimate of drug-likeness (QED) is 0.720. The Hall–Kier alpha value is -2.42. The third-order valence-corrected chi connectivity index (χ3v) is 5.41. The zero-order valence-corrected chi connectivity index (χ0v) is 16.6. The van der Waals surface area contributed by atoms with Crippen LogP contribution in [0.15, 0.2) is 47.4 Å². The van der Waals surface area contributed by atoms with Crippen molar-refractivity contribution in [3.63, 3.8) is 0 Å². The molecule has 2 aromatic carbocycles. The SMILES string of the molecule is COC[C@@H](C)NS(=O)(=O)c1ccc(C(=O)Nc2cc(C)ccc2OC)cc1. The summed E-state index contributed by atoms with van der Waals surface area (Å²) in [6, 6.07) is 10.8. The van der Waals surface area contributed by atoms with Gasteiger partial charge in [0, 0.05) is 18.7 Å². The molecule has 0 radical (unpaired) electrons. The fourth-order valence-corrected chi connectivity index (χ4v) is 3.74. The molecule has 2 N–H and O–H groups in total. The smallest absolute Gasteiger partial charge is 0.255 e. The van der Waals surface area contributed by atoms with Crippen molar-refractivity contribution >= 4 is 21.6 Å². The maximum Gasteiger partial charge on any atom is 0.255 e. The Morgan fingerprint density at radius 3 is 2.37 bits per heavy atom. The summed E-state index contributed by atoms with van der Waals surface area (Å²) < 4.78 is 37.3. The third-order valence-electron chi connectivity index (χ3n) is 3.80. The average Bonchev–Trinajstić information content (AvgIpc) is 2.62. The molecule has 0 aliphatic rings. The average molecular weight is 392 g/mol. The lowest BCUT2D eigenvalue weighted by molar-refractivity contribution is 0.102. The maximum absolute atomic E-state index is 12.5. The van der Waals surface area contributed by atoms with Crippen molar-refractivity contribution in [3.05, 3.63) is 53.6 Å². The molecule has 0 aliphatic carbocycles. The summed E-state index contributed by atoms with van der Waals surface area (Å²) in [4.78, 5) is 12.5. The molecular formula is C19H24N2O5S. The predicted molar refractivity (Wildman–Crippen MR) is 104 cm³/mol. The highest BCUT2D eigenvalue weighted by Gasteiger charge is 2.18. The Morgan fingerprint density at radius 1 is 1.11 bits per heavy atom. The molecule has 8 heteroatoms.